The van der Waals surface area contributed by atoms with Crippen LogP contribution in [0.1, 0.15) is 85.4 Å². The molecule has 0 aromatic carbocycles. The van der Waals surface area contributed by atoms with Gasteiger partial charge >= 0.3 is 64.2 Å². The standard InChI is InChI=1S/C14H28O2.Rb.H/c1-2-3-4-5-6-7-8-9-10-11-12-13-14(15)16;;/h2-13H2,1H3,(H,15,16);;/q;+1;-1. The molecular formula is C14H29O2Rb. The van der Waals surface area contributed by atoms with Gasteiger partial charge in [-0.05, 0) is 6.42 Å². The molecule has 0 fully saturated rings. The molecule has 0 aliphatic rings. The summed E-state index contributed by atoms with van der Waals surface area (Å²) in [6.07, 6.45) is 14.4. The summed E-state index contributed by atoms with van der Waals surface area (Å²) in [4.78, 5) is 10.3. The third-order valence-electron chi connectivity index (χ3n) is 2.99. The van der Waals surface area contributed by atoms with Gasteiger partial charge in [0, 0.05) is 6.42 Å². The molecule has 0 aliphatic carbocycles. The first kappa shape index (κ1) is 20.6. The zero-order valence-corrected chi connectivity index (χ0v) is 16.8. The first-order chi connectivity index (χ1) is 7.77. The normalized spacial score (nSPS) is 9.94. The summed E-state index contributed by atoms with van der Waals surface area (Å²) in [5, 5.41) is 8.46. The smallest absolute Gasteiger partial charge is 1.00 e. The van der Waals surface area contributed by atoms with Crippen molar-refractivity contribution in [3.05, 3.63) is 0 Å². The van der Waals surface area contributed by atoms with Gasteiger partial charge < -0.3 is 6.53 Å². The zero-order valence-electron chi connectivity index (χ0n) is 12.8. The number of hydrogen-bond donors (Lipinski definition) is 1. The molecule has 2 nitrogen and oxygen atoms in total. The van der Waals surface area contributed by atoms with Crippen LogP contribution in [0.2, 0.25) is 0 Å². The average Bonchev–Trinajstić information content (AvgIpc) is 2.25. The van der Waals surface area contributed by atoms with Crippen LogP contribution in [0, 0.1) is 0 Å². The summed E-state index contributed by atoms with van der Waals surface area (Å²) in [5.41, 5.74) is 0. The number of carboxylic acids is 1. The minimum atomic E-state index is -0.657. The van der Waals surface area contributed by atoms with Crippen molar-refractivity contribution in [2.24, 2.45) is 0 Å². The molecule has 0 unspecified atom stereocenters. The van der Waals surface area contributed by atoms with E-state index in [1.165, 1.54) is 57.8 Å². The van der Waals surface area contributed by atoms with E-state index >= 15 is 0 Å². The number of carbonyl (C=O) groups is 1. The third kappa shape index (κ3) is 19.8. The predicted octanol–water partition coefficient (Wildman–Crippen LogP) is 1.89. The molecule has 0 saturated heterocycles. The molecule has 17 heavy (non-hydrogen) atoms. The van der Waals surface area contributed by atoms with Gasteiger partial charge in [0.15, 0.2) is 0 Å². The van der Waals surface area contributed by atoms with E-state index in [-0.39, 0.29) is 59.6 Å². The first-order valence-corrected chi connectivity index (χ1v) is 6.99. The maximum Gasteiger partial charge on any atom is 1.00 e. The van der Waals surface area contributed by atoms with Gasteiger partial charge in [-0.3, -0.25) is 4.79 Å². The van der Waals surface area contributed by atoms with E-state index in [1.54, 1.807) is 0 Å². The van der Waals surface area contributed by atoms with E-state index in [2.05, 4.69) is 6.92 Å². The molecule has 1 N–H and O–H groups in total. The molecule has 0 bridgehead atoms. The number of carboxylic acid groups (broad SMARTS) is 1. The Labute approximate surface area is 157 Å². The Morgan fingerprint density at radius 3 is 1.53 bits per heavy atom. The molecular weight excluding hydrogens is 286 g/mol. The molecule has 0 aliphatic heterocycles. The van der Waals surface area contributed by atoms with E-state index in [4.69, 9.17) is 5.11 Å². The van der Waals surface area contributed by atoms with E-state index in [1.807, 2.05) is 0 Å². The monoisotopic (exact) mass is 314 g/mol. The van der Waals surface area contributed by atoms with Crippen LogP contribution >= 0.6 is 0 Å². The van der Waals surface area contributed by atoms with Crippen molar-refractivity contribution in [1.82, 2.24) is 0 Å². The van der Waals surface area contributed by atoms with Crippen molar-refractivity contribution in [3.63, 3.8) is 0 Å². The first-order valence-electron chi connectivity index (χ1n) is 6.99. The van der Waals surface area contributed by atoms with Gasteiger partial charge in [-0.2, -0.15) is 0 Å². The number of hydrogen-bond acceptors (Lipinski definition) is 1. The van der Waals surface area contributed by atoms with Crippen LogP contribution in [0.5, 0.6) is 0 Å². The second kappa shape index (κ2) is 17.3. The SMILES string of the molecule is CCCCCCCCCCCCCC(=O)O.[H-].[Rb+]. The number of aliphatic carboxylic acids is 1. The minimum Gasteiger partial charge on any atom is -1.00 e. The molecule has 0 atom stereocenters. The third-order valence-corrected chi connectivity index (χ3v) is 2.99. The Kier molecular flexibility index (Phi) is 20.9. The van der Waals surface area contributed by atoms with Crippen molar-refractivity contribution in [1.29, 1.82) is 0 Å². The van der Waals surface area contributed by atoms with Crippen molar-refractivity contribution >= 4 is 5.97 Å². The van der Waals surface area contributed by atoms with E-state index in [0.717, 1.165) is 12.8 Å². The van der Waals surface area contributed by atoms with E-state index in [0.29, 0.717) is 6.42 Å². The number of unbranched alkanes of at least 4 members (excludes halogenated alkanes) is 10. The summed E-state index contributed by atoms with van der Waals surface area (Å²) in [6.45, 7) is 2.25. The molecule has 0 rings (SSSR count). The minimum absolute atomic E-state index is 0. The summed E-state index contributed by atoms with van der Waals surface area (Å²) < 4.78 is 0. The van der Waals surface area contributed by atoms with Gasteiger partial charge in [-0.1, -0.05) is 71.1 Å². The Bertz CT molecular complexity index is 166. The Balaban J connectivity index is -0.00000112. The predicted molar refractivity (Wildman–Crippen MR) is 69.8 cm³/mol. The van der Waals surface area contributed by atoms with Crippen LogP contribution in [0.4, 0.5) is 0 Å². The topological polar surface area (TPSA) is 37.3 Å². The van der Waals surface area contributed by atoms with Crippen LogP contribution in [-0.4, -0.2) is 11.1 Å². The Morgan fingerprint density at radius 2 is 1.18 bits per heavy atom. The molecule has 0 amide bonds. The summed E-state index contributed by atoms with van der Waals surface area (Å²) >= 11 is 0. The quantitative estimate of drug-likeness (QED) is 0.559. The molecule has 0 spiro atoms. The summed E-state index contributed by atoms with van der Waals surface area (Å²) in [6, 6.07) is 0. The van der Waals surface area contributed by atoms with Crippen molar-refractivity contribution < 1.29 is 69.5 Å². The van der Waals surface area contributed by atoms with Gasteiger partial charge in [0.05, 0.1) is 0 Å². The molecule has 98 valence electrons. The second-order valence-corrected chi connectivity index (χ2v) is 4.68. The largest absolute Gasteiger partial charge is 1.00 e. The van der Waals surface area contributed by atoms with Crippen LogP contribution < -0.4 is 58.2 Å². The molecule has 0 aromatic rings. The Hall–Kier alpha value is 1.28. The molecule has 0 heterocycles. The fourth-order valence-corrected chi connectivity index (χ4v) is 1.94. The van der Waals surface area contributed by atoms with Gasteiger partial charge in [-0.25, -0.2) is 0 Å². The van der Waals surface area contributed by atoms with Crippen LogP contribution in [0.3, 0.4) is 0 Å². The number of rotatable bonds is 12. The summed E-state index contributed by atoms with van der Waals surface area (Å²) in [7, 11) is 0. The summed E-state index contributed by atoms with van der Waals surface area (Å²) in [5.74, 6) is -0.657. The van der Waals surface area contributed by atoms with Crippen molar-refractivity contribution in [3.8, 4) is 0 Å². The second-order valence-electron chi connectivity index (χ2n) is 4.68. The fraction of sp³-hybridized carbons (Fsp3) is 0.929. The van der Waals surface area contributed by atoms with Crippen molar-refractivity contribution in [2.45, 2.75) is 84.0 Å². The Morgan fingerprint density at radius 1 is 0.824 bits per heavy atom. The molecule has 0 radical (unpaired) electrons. The zero-order chi connectivity index (χ0) is 12.1. The average molecular weight is 315 g/mol. The maximum atomic E-state index is 10.3. The fourth-order valence-electron chi connectivity index (χ4n) is 1.94. The van der Waals surface area contributed by atoms with Gasteiger partial charge in [0.1, 0.15) is 0 Å². The molecule has 0 aromatic heterocycles. The van der Waals surface area contributed by atoms with Crippen LogP contribution in [0.15, 0.2) is 0 Å². The van der Waals surface area contributed by atoms with Gasteiger partial charge in [-0.15, -0.1) is 0 Å². The van der Waals surface area contributed by atoms with Crippen molar-refractivity contribution in [2.75, 3.05) is 0 Å². The van der Waals surface area contributed by atoms with Crippen LogP contribution in [-0.2, 0) is 4.79 Å². The van der Waals surface area contributed by atoms with E-state index < -0.39 is 5.97 Å². The van der Waals surface area contributed by atoms with Gasteiger partial charge in [0.2, 0.25) is 0 Å². The molecule has 0 saturated carbocycles. The van der Waals surface area contributed by atoms with Crippen LogP contribution in [0.25, 0.3) is 0 Å². The van der Waals surface area contributed by atoms with E-state index in [9.17, 15) is 4.79 Å². The maximum absolute atomic E-state index is 10.3. The van der Waals surface area contributed by atoms with Gasteiger partial charge in [0.25, 0.3) is 0 Å². The molecule has 3 heteroatoms.